The van der Waals surface area contributed by atoms with Gasteiger partial charge in [0.25, 0.3) is 0 Å². The van der Waals surface area contributed by atoms with E-state index in [1.165, 1.54) is 21.8 Å². The number of likely N-dealkylation sites (tertiary alicyclic amines) is 1. The molecule has 1 atom stereocenters. The number of nitrogens with zero attached hydrogens (tertiary/aromatic N) is 2. The van der Waals surface area contributed by atoms with Crippen LogP contribution in [-0.2, 0) is 20.8 Å². The second-order valence-electron chi connectivity index (χ2n) is 7.69. The van der Waals surface area contributed by atoms with E-state index < -0.39 is 0 Å². The molecule has 0 spiro atoms. The zero-order chi connectivity index (χ0) is 20.1. The van der Waals surface area contributed by atoms with Crippen LogP contribution in [0.1, 0.15) is 19.8 Å². The van der Waals surface area contributed by atoms with Crippen molar-refractivity contribution >= 4 is 27.8 Å². The molecule has 2 heterocycles. The summed E-state index contributed by atoms with van der Waals surface area (Å²) < 4.78 is 13.5. The molecule has 0 N–H and O–H groups in total. The molecule has 0 bridgehead atoms. The average Bonchev–Trinajstić information content (AvgIpc) is 3.08. The number of carbonyl (C=O) groups is 1. The molecule has 1 aliphatic heterocycles. The second kappa shape index (κ2) is 9.42. The van der Waals surface area contributed by atoms with Crippen LogP contribution in [0.4, 0.5) is 0 Å². The summed E-state index contributed by atoms with van der Waals surface area (Å²) in [6.45, 7) is 7.21. The zero-order valence-corrected chi connectivity index (χ0v) is 17.2. The molecule has 5 nitrogen and oxygen atoms in total. The number of hydrogen-bond donors (Lipinski definition) is 0. The van der Waals surface area contributed by atoms with E-state index in [-0.39, 0.29) is 11.9 Å². The van der Waals surface area contributed by atoms with Gasteiger partial charge in [-0.15, -0.1) is 0 Å². The highest BCUT2D eigenvalue weighted by Gasteiger charge is 2.26. The van der Waals surface area contributed by atoms with Gasteiger partial charge in [-0.05, 0) is 38.4 Å². The standard InChI is InChI=1S/C24H30N2O3/c1-2-29-24(27)19-8-7-13-25(18-19)14-16-28-17-15-26-22-11-5-3-9-20(22)21-10-4-6-12-23(21)26/h3-6,9-12,19H,2,7-8,13-18H2,1H3/t19-/m1/s1. The summed E-state index contributed by atoms with van der Waals surface area (Å²) >= 11 is 0. The van der Waals surface area contributed by atoms with Crippen LogP contribution in [0.3, 0.4) is 0 Å². The van der Waals surface area contributed by atoms with Crippen LogP contribution in [-0.4, -0.2) is 54.9 Å². The van der Waals surface area contributed by atoms with E-state index in [1.54, 1.807) is 0 Å². The number of hydrogen-bond acceptors (Lipinski definition) is 4. The van der Waals surface area contributed by atoms with Crippen molar-refractivity contribution in [3.63, 3.8) is 0 Å². The van der Waals surface area contributed by atoms with Crippen LogP contribution < -0.4 is 0 Å². The van der Waals surface area contributed by atoms with Crippen LogP contribution in [0.25, 0.3) is 21.8 Å². The molecule has 0 unspecified atom stereocenters. The number of para-hydroxylation sites is 2. The normalized spacial score (nSPS) is 17.8. The number of carbonyl (C=O) groups excluding carboxylic acids is 1. The van der Waals surface area contributed by atoms with Crippen molar-refractivity contribution in [2.45, 2.75) is 26.3 Å². The lowest BCUT2D eigenvalue weighted by Crippen LogP contribution is -2.41. The number of fused-ring (bicyclic) bond motifs is 3. The van der Waals surface area contributed by atoms with Gasteiger partial charge in [0.05, 0.1) is 25.7 Å². The van der Waals surface area contributed by atoms with Crippen molar-refractivity contribution in [1.82, 2.24) is 9.47 Å². The first-order chi connectivity index (χ1) is 14.3. The van der Waals surface area contributed by atoms with Gasteiger partial charge in [0.2, 0.25) is 0 Å². The van der Waals surface area contributed by atoms with Crippen LogP contribution in [0, 0.1) is 5.92 Å². The van der Waals surface area contributed by atoms with E-state index in [1.807, 2.05) is 6.92 Å². The molecule has 0 saturated carbocycles. The lowest BCUT2D eigenvalue weighted by Gasteiger charge is -2.31. The van der Waals surface area contributed by atoms with Crippen molar-refractivity contribution in [2.24, 2.45) is 5.92 Å². The maximum atomic E-state index is 12.0. The van der Waals surface area contributed by atoms with Gasteiger partial charge in [0.15, 0.2) is 0 Å². The topological polar surface area (TPSA) is 43.7 Å². The van der Waals surface area contributed by atoms with Gasteiger partial charge in [-0.1, -0.05) is 36.4 Å². The summed E-state index contributed by atoms with van der Waals surface area (Å²) in [5.41, 5.74) is 2.51. The number of rotatable bonds is 8. The van der Waals surface area contributed by atoms with Gasteiger partial charge in [0.1, 0.15) is 0 Å². The first kappa shape index (κ1) is 19.9. The third-order valence-electron chi connectivity index (χ3n) is 5.82. The Labute approximate surface area is 172 Å². The van der Waals surface area contributed by atoms with Gasteiger partial charge in [-0.2, -0.15) is 0 Å². The summed E-state index contributed by atoms with van der Waals surface area (Å²) in [6.07, 6.45) is 1.98. The quantitative estimate of drug-likeness (QED) is 0.426. The van der Waals surface area contributed by atoms with E-state index in [9.17, 15) is 4.79 Å². The first-order valence-corrected chi connectivity index (χ1v) is 10.7. The predicted molar refractivity (Wildman–Crippen MR) is 116 cm³/mol. The minimum absolute atomic E-state index is 0.0151. The number of esters is 1. The largest absolute Gasteiger partial charge is 0.466 e. The number of aromatic nitrogens is 1. The van der Waals surface area contributed by atoms with Gasteiger partial charge in [-0.25, -0.2) is 0 Å². The Morgan fingerprint density at radius 3 is 2.34 bits per heavy atom. The van der Waals surface area contributed by atoms with Gasteiger partial charge in [-0.3, -0.25) is 4.79 Å². The van der Waals surface area contributed by atoms with E-state index in [4.69, 9.17) is 9.47 Å². The Hall–Kier alpha value is -2.37. The Kier molecular flexibility index (Phi) is 6.47. The SMILES string of the molecule is CCOC(=O)[C@@H]1CCCN(CCOCCn2c3ccccc3c3ccccc32)C1. The number of benzene rings is 2. The average molecular weight is 395 g/mol. The van der Waals surface area contributed by atoms with Crippen molar-refractivity contribution < 1.29 is 14.3 Å². The molecule has 0 amide bonds. The van der Waals surface area contributed by atoms with Crippen molar-refractivity contribution in [2.75, 3.05) is 39.5 Å². The monoisotopic (exact) mass is 394 g/mol. The van der Waals surface area contributed by atoms with Crippen molar-refractivity contribution in [3.05, 3.63) is 48.5 Å². The molecule has 3 aromatic rings. The van der Waals surface area contributed by atoms with Crippen LogP contribution >= 0.6 is 0 Å². The summed E-state index contributed by atoms with van der Waals surface area (Å²) in [6, 6.07) is 17.1. The zero-order valence-electron chi connectivity index (χ0n) is 17.2. The fraction of sp³-hybridized carbons (Fsp3) is 0.458. The maximum absolute atomic E-state index is 12.0. The van der Waals surface area contributed by atoms with Gasteiger partial charge < -0.3 is 18.9 Å². The molecular weight excluding hydrogens is 364 g/mol. The molecule has 1 fully saturated rings. The lowest BCUT2D eigenvalue weighted by molar-refractivity contribution is -0.150. The van der Waals surface area contributed by atoms with Gasteiger partial charge in [0, 0.05) is 41.4 Å². The van der Waals surface area contributed by atoms with Crippen molar-refractivity contribution in [3.8, 4) is 0 Å². The Balaban J connectivity index is 1.29. The molecule has 1 aliphatic rings. The minimum Gasteiger partial charge on any atom is -0.466 e. The Morgan fingerprint density at radius 2 is 1.66 bits per heavy atom. The highest BCUT2D eigenvalue weighted by molar-refractivity contribution is 6.07. The second-order valence-corrected chi connectivity index (χ2v) is 7.69. The highest BCUT2D eigenvalue weighted by atomic mass is 16.5. The molecule has 29 heavy (non-hydrogen) atoms. The molecule has 0 aliphatic carbocycles. The maximum Gasteiger partial charge on any atom is 0.310 e. The van der Waals surface area contributed by atoms with Gasteiger partial charge >= 0.3 is 5.97 Å². The van der Waals surface area contributed by atoms with Crippen molar-refractivity contribution in [1.29, 1.82) is 0 Å². The fourth-order valence-corrected chi connectivity index (χ4v) is 4.41. The van der Waals surface area contributed by atoms with Crippen LogP contribution in [0.5, 0.6) is 0 Å². The van der Waals surface area contributed by atoms with E-state index >= 15 is 0 Å². The predicted octanol–water partition coefficient (Wildman–Crippen LogP) is 4.09. The third kappa shape index (κ3) is 4.46. The molecule has 154 valence electrons. The minimum atomic E-state index is -0.0514. The number of piperidine rings is 1. The van der Waals surface area contributed by atoms with E-state index in [0.29, 0.717) is 19.8 Å². The molecule has 1 aromatic heterocycles. The third-order valence-corrected chi connectivity index (χ3v) is 5.82. The fourth-order valence-electron chi connectivity index (χ4n) is 4.41. The number of ether oxygens (including phenoxy) is 2. The lowest BCUT2D eigenvalue weighted by atomic mass is 9.98. The summed E-state index contributed by atoms with van der Waals surface area (Å²) in [7, 11) is 0. The summed E-state index contributed by atoms with van der Waals surface area (Å²) in [5.74, 6) is -0.0363. The first-order valence-electron chi connectivity index (χ1n) is 10.7. The molecular formula is C24H30N2O3. The molecule has 0 radical (unpaired) electrons. The molecule has 4 rings (SSSR count). The highest BCUT2D eigenvalue weighted by Crippen LogP contribution is 2.28. The summed E-state index contributed by atoms with van der Waals surface area (Å²) in [5, 5.41) is 2.59. The smallest absolute Gasteiger partial charge is 0.310 e. The summed E-state index contributed by atoms with van der Waals surface area (Å²) in [4.78, 5) is 14.3. The van der Waals surface area contributed by atoms with Crippen LogP contribution in [0.15, 0.2) is 48.5 Å². The Bertz CT molecular complexity index is 912. The van der Waals surface area contributed by atoms with E-state index in [0.717, 1.165) is 39.0 Å². The molecule has 1 saturated heterocycles. The molecule has 2 aromatic carbocycles. The van der Waals surface area contributed by atoms with Crippen LogP contribution in [0.2, 0.25) is 0 Å². The van der Waals surface area contributed by atoms with E-state index in [2.05, 4.69) is 58.0 Å². The Morgan fingerprint density at radius 1 is 1.00 bits per heavy atom. The molecule has 5 heteroatoms.